The molecule has 1 aliphatic heterocycles. The lowest BCUT2D eigenvalue weighted by Gasteiger charge is -2.35. The number of benzene rings is 2. The minimum absolute atomic E-state index is 0.0179. The molecule has 1 atom stereocenters. The fraction of sp³-hybridized carbons (Fsp3) is 0.353. The third kappa shape index (κ3) is 8.48. The average Bonchev–Trinajstić information content (AvgIpc) is 3.47. The van der Waals surface area contributed by atoms with Crippen molar-refractivity contribution in [1.29, 1.82) is 0 Å². The fourth-order valence-electron chi connectivity index (χ4n) is 5.05. The number of hydrogen-bond acceptors (Lipinski definition) is 9. The molecule has 0 spiro atoms. The summed E-state index contributed by atoms with van der Waals surface area (Å²) in [6.45, 7) is 6.37. The number of carbonyl (C=O) groups excluding carboxylic acids is 4. The fourth-order valence-corrected chi connectivity index (χ4v) is 5.91. The highest BCUT2D eigenvalue weighted by atomic mass is 32.2. The minimum Gasteiger partial charge on any atom is -0.481 e. The molecule has 1 fully saturated rings. The molecule has 12 nitrogen and oxygen atoms in total. The molecule has 5 rings (SSSR count). The zero-order valence-corrected chi connectivity index (χ0v) is 27.7. The first-order valence-corrected chi connectivity index (χ1v) is 16.2. The Kier molecular flexibility index (Phi) is 10.6. The van der Waals surface area contributed by atoms with Crippen LogP contribution in [-0.4, -0.2) is 84.2 Å². The number of aldehydes is 1. The van der Waals surface area contributed by atoms with E-state index in [2.05, 4.69) is 4.98 Å². The van der Waals surface area contributed by atoms with E-state index in [4.69, 9.17) is 9.47 Å². The van der Waals surface area contributed by atoms with Gasteiger partial charge in [-0.2, -0.15) is 0 Å². The number of thioether (sulfide) groups is 1. The first kappa shape index (κ1) is 34.4. The van der Waals surface area contributed by atoms with Crippen LogP contribution in [0.4, 0.5) is 9.18 Å². The molecule has 0 radical (unpaired) electrons. The Morgan fingerprint density at radius 1 is 0.958 bits per heavy atom. The maximum atomic E-state index is 13.7. The highest BCUT2D eigenvalue weighted by molar-refractivity contribution is 8.15. The Bertz CT molecular complexity index is 1850. The summed E-state index contributed by atoms with van der Waals surface area (Å²) < 4.78 is 27.4. The summed E-state index contributed by atoms with van der Waals surface area (Å²) in [7, 11) is 0. The molecular weight excluding hydrogens is 641 g/mol. The highest BCUT2D eigenvalue weighted by Crippen LogP contribution is 2.25. The van der Waals surface area contributed by atoms with E-state index in [-0.39, 0.29) is 42.7 Å². The molecular formula is C34H36FN5O7S. The predicted octanol–water partition coefficient (Wildman–Crippen LogP) is 3.98. The van der Waals surface area contributed by atoms with Crippen LogP contribution in [0.2, 0.25) is 0 Å². The third-order valence-electron chi connectivity index (χ3n) is 7.48. The van der Waals surface area contributed by atoms with Gasteiger partial charge in [0.05, 0.1) is 5.25 Å². The largest absolute Gasteiger partial charge is 0.481 e. The molecule has 0 saturated carbocycles. The number of aromatic nitrogens is 3. The van der Waals surface area contributed by atoms with Gasteiger partial charge in [-0.3, -0.25) is 14.4 Å². The van der Waals surface area contributed by atoms with E-state index < -0.39 is 33.4 Å². The normalized spacial score (nSPS) is 14.1. The van der Waals surface area contributed by atoms with E-state index in [9.17, 15) is 28.4 Å². The van der Waals surface area contributed by atoms with Crippen LogP contribution in [-0.2, 0) is 33.9 Å². The first-order valence-electron chi connectivity index (χ1n) is 15.4. The van der Waals surface area contributed by atoms with E-state index in [1.165, 1.54) is 45.6 Å². The van der Waals surface area contributed by atoms with E-state index in [0.717, 1.165) is 5.56 Å². The van der Waals surface area contributed by atoms with Crippen LogP contribution in [0.25, 0.3) is 5.78 Å². The molecule has 3 heterocycles. The van der Waals surface area contributed by atoms with Crippen LogP contribution in [0.5, 0.6) is 5.75 Å². The summed E-state index contributed by atoms with van der Waals surface area (Å²) in [5.74, 6) is -0.938. The van der Waals surface area contributed by atoms with Crippen LogP contribution in [0.1, 0.15) is 42.4 Å². The zero-order chi connectivity index (χ0) is 34.4. The van der Waals surface area contributed by atoms with Crippen LogP contribution >= 0.6 is 11.8 Å². The SMILES string of the molecule is CC(C)(C)OC(=O)N1CCN(C(=O)Cn2ccn3c(=O)c(OCc4ccccc4)c(C(=O)SC(C=O)Cc4ccc(F)cc4)nc23)CC1. The van der Waals surface area contributed by atoms with Crippen molar-refractivity contribution in [2.24, 2.45) is 0 Å². The van der Waals surface area contributed by atoms with Crippen molar-refractivity contribution in [2.75, 3.05) is 26.2 Å². The van der Waals surface area contributed by atoms with Crippen molar-refractivity contribution in [3.05, 3.63) is 100.0 Å². The molecule has 1 saturated heterocycles. The molecule has 2 aromatic carbocycles. The van der Waals surface area contributed by atoms with E-state index in [1.54, 1.807) is 42.7 Å². The molecule has 2 amide bonds. The van der Waals surface area contributed by atoms with E-state index in [0.29, 0.717) is 49.8 Å². The molecule has 1 unspecified atom stereocenters. The number of imidazole rings is 1. The smallest absolute Gasteiger partial charge is 0.410 e. The van der Waals surface area contributed by atoms with Crippen molar-refractivity contribution in [2.45, 2.75) is 51.2 Å². The van der Waals surface area contributed by atoms with Gasteiger partial charge in [-0.15, -0.1) is 0 Å². The molecule has 0 N–H and O–H groups in total. The summed E-state index contributed by atoms with van der Waals surface area (Å²) in [6, 6.07) is 14.7. The molecule has 14 heteroatoms. The Morgan fingerprint density at radius 2 is 1.62 bits per heavy atom. The quantitative estimate of drug-likeness (QED) is 0.229. The number of carbonyl (C=O) groups is 4. The third-order valence-corrected chi connectivity index (χ3v) is 8.47. The lowest BCUT2D eigenvalue weighted by atomic mass is 10.1. The van der Waals surface area contributed by atoms with Gasteiger partial charge in [-0.1, -0.05) is 54.2 Å². The summed E-state index contributed by atoms with van der Waals surface area (Å²) in [6.07, 6.45) is 3.28. The van der Waals surface area contributed by atoms with Gasteiger partial charge in [-0.25, -0.2) is 18.6 Å². The standard InChI is InChI=1S/C34H36FN5O7S/c1-34(2,3)47-33(45)38-15-13-37(14-16-38)27(42)20-39-17-18-40-30(43)29(46-22-24-7-5-4-6-8-24)28(36-32(39)40)31(44)48-26(21-41)19-23-9-11-25(35)12-10-23/h4-12,17-18,21,26H,13-16,19-20,22H2,1-3H3. The van der Waals surface area contributed by atoms with Crippen LogP contribution in [0.15, 0.2) is 71.8 Å². The zero-order valence-electron chi connectivity index (χ0n) is 26.8. The second-order valence-electron chi connectivity index (χ2n) is 12.2. The second-order valence-corrected chi connectivity index (χ2v) is 13.4. The summed E-state index contributed by atoms with van der Waals surface area (Å²) in [5.41, 5.74) is -0.169. The number of fused-ring (bicyclic) bond motifs is 1. The van der Waals surface area contributed by atoms with Gasteiger partial charge in [0, 0.05) is 38.6 Å². The van der Waals surface area contributed by atoms with Crippen LogP contribution in [0, 0.1) is 5.82 Å². The Balaban J connectivity index is 1.38. The topological polar surface area (TPSA) is 133 Å². The van der Waals surface area contributed by atoms with Gasteiger partial charge in [0.2, 0.25) is 22.5 Å². The average molecular weight is 678 g/mol. The predicted molar refractivity (Wildman–Crippen MR) is 176 cm³/mol. The van der Waals surface area contributed by atoms with Gasteiger partial charge in [0.15, 0.2) is 5.69 Å². The Labute approximate surface area is 280 Å². The molecule has 0 bridgehead atoms. The van der Waals surface area contributed by atoms with Crippen molar-refractivity contribution >= 4 is 40.9 Å². The number of amides is 2. The molecule has 2 aromatic heterocycles. The van der Waals surface area contributed by atoms with Crippen LogP contribution < -0.4 is 10.3 Å². The highest BCUT2D eigenvalue weighted by Gasteiger charge is 2.29. The maximum Gasteiger partial charge on any atom is 0.410 e. The number of piperazine rings is 1. The summed E-state index contributed by atoms with van der Waals surface area (Å²) >= 11 is 0.683. The van der Waals surface area contributed by atoms with Crippen molar-refractivity contribution < 1.29 is 33.0 Å². The number of halogens is 1. The molecule has 1 aliphatic rings. The molecule has 4 aromatic rings. The van der Waals surface area contributed by atoms with Gasteiger partial charge >= 0.3 is 11.7 Å². The van der Waals surface area contributed by atoms with Gasteiger partial charge in [0.25, 0.3) is 0 Å². The van der Waals surface area contributed by atoms with Gasteiger partial charge in [-0.05, 0) is 50.5 Å². The van der Waals surface area contributed by atoms with Crippen molar-refractivity contribution in [3.63, 3.8) is 0 Å². The number of hydrogen-bond donors (Lipinski definition) is 0. The maximum absolute atomic E-state index is 13.7. The molecule has 252 valence electrons. The van der Waals surface area contributed by atoms with Gasteiger partial charge < -0.3 is 28.6 Å². The Hall–Kier alpha value is -4.98. The Morgan fingerprint density at radius 3 is 2.27 bits per heavy atom. The number of nitrogens with zero attached hydrogens (tertiary/aromatic N) is 5. The first-order chi connectivity index (χ1) is 22.9. The molecule has 48 heavy (non-hydrogen) atoms. The summed E-state index contributed by atoms with van der Waals surface area (Å²) in [4.78, 5) is 72.8. The summed E-state index contributed by atoms with van der Waals surface area (Å²) in [5, 5.41) is -1.52. The number of rotatable bonds is 10. The lowest BCUT2D eigenvalue weighted by Crippen LogP contribution is -2.52. The van der Waals surface area contributed by atoms with Crippen LogP contribution in [0.3, 0.4) is 0 Å². The monoisotopic (exact) mass is 677 g/mol. The lowest BCUT2D eigenvalue weighted by molar-refractivity contribution is -0.133. The van der Waals surface area contributed by atoms with E-state index >= 15 is 0 Å². The van der Waals surface area contributed by atoms with Crippen molar-refractivity contribution in [3.8, 4) is 5.75 Å². The second kappa shape index (κ2) is 14.8. The van der Waals surface area contributed by atoms with E-state index in [1.807, 2.05) is 18.2 Å². The van der Waals surface area contributed by atoms with Crippen molar-refractivity contribution in [1.82, 2.24) is 23.8 Å². The number of ether oxygens (including phenoxy) is 2. The van der Waals surface area contributed by atoms with Gasteiger partial charge in [0.1, 0.15) is 30.9 Å². The molecule has 0 aliphatic carbocycles. The minimum atomic E-state index is -0.849.